The van der Waals surface area contributed by atoms with E-state index in [0.29, 0.717) is 11.7 Å². The van der Waals surface area contributed by atoms with Crippen molar-refractivity contribution in [1.82, 2.24) is 15.1 Å². The first-order valence-electron chi connectivity index (χ1n) is 6.70. The van der Waals surface area contributed by atoms with Gasteiger partial charge < -0.3 is 10.4 Å². The second-order valence-corrected chi connectivity index (χ2v) is 5.16. The average molecular weight is 282 g/mol. The van der Waals surface area contributed by atoms with Crippen molar-refractivity contribution in [3.8, 4) is 0 Å². The lowest BCUT2D eigenvalue weighted by Crippen LogP contribution is -2.31. The lowest BCUT2D eigenvalue weighted by Gasteiger charge is -2.17. The van der Waals surface area contributed by atoms with Gasteiger partial charge in [-0.15, -0.1) is 0 Å². The number of anilines is 1. The summed E-state index contributed by atoms with van der Waals surface area (Å²) in [7, 11) is 0. The molecule has 1 heterocycles. The molecule has 1 unspecified atom stereocenters. The van der Waals surface area contributed by atoms with Crippen LogP contribution in [0.25, 0.3) is 0 Å². The zero-order chi connectivity index (χ0) is 15.1. The van der Waals surface area contributed by atoms with Gasteiger partial charge in [-0.25, -0.2) is 9.48 Å². The van der Waals surface area contributed by atoms with E-state index in [-0.39, 0.29) is 19.0 Å². The number of hydrogen-bond donors (Lipinski definition) is 3. The number of aliphatic carboxylic acids is 1. The van der Waals surface area contributed by atoms with Gasteiger partial charge in [0, 0.05) is 12.6 Å². The molecule has 1 rings (SSSR count). The van der Waals surface area contributed by atoms with Gasteiger partial charge in [0.05, 0.1) is 18.7 Å². The fraction of sp³-hybridized carbons (Fsp3) is 0.615. The Balaban J connectivity index is 2.53. The molecule has 7 heteroatoms. The third kappa shape index (κ3) is 5.29. The van der Waals surface area contributed by atoms with E-state index in [1.165, 1.54) is 0 Å². The molecule has 0 aliphatic rings. The fourth-order valence-corrected chi connectivity index (χ4v) is 1.99. The third-order valence-electron chi connectivity index (χ3n) is 2.77. The molecule has 0 spiro atoms. The molecule has 1 aromatic rings. The maximum atomic E-state index is 11.6. The molecule has 3 N–H and O–H groups in total. The molecular formula is C13H22N4O3. The van der Waals surface area contributed by atoms with E-state index in [1.54, 1.807) is 16.9 Å². The number of hydrogen-bond acceptors (Lipinski definition) is 3. The molecule has 0 saturated carbocycles. The Kier molecular flexibility index (Phi) is 6.02. The summed E-state index contributed by atoms with van der Waals surface area (Å²) in [5.41, 5.74) is 0. The maximum Gasteiger partial charge on any atom is 0.320 e. The van der Waals surface area contributed by atoms with Crippen molar-refractivity contribution in [2.24, 2.45) is 5.92 Å². The van der Waals surface area contributed by atoms with E-state index < -0.39 is 12.0 Å². The van der Waals surface area contributed by atoms with Gasteiger partial charge in [0.15, 0.2) is 0 Å². The fourth-order valence-electron chi connectivity index (χ4n) is 1.99. The number of amides is 2. The Morgan fingerprint density at radius 1 is 1.40 bits per heavy atom. The van der Waals surface area contributed by atoms with Crippen molar-refractivity contribution in [1.29, 1.82) is 0 Å². The zero-order valence-electron chi connectivity index (χ0n) is 12.1. The van der Waals surface area contributed by atoms with Gasteiger partial charge in [0.25, 0.3) is 0 Å². The summed E-state index contributed by atoms with van der Waals surface area (Å²) in [6.45, 7) is 6.40. The number of nitrogens with one attached hydrogen (secondary N) is 2. The molecule has 0 bridgehead atoms. The predicted octanol–water partition coefficient (Wildman–Crippen LogP) is 2.09. The number of urea groups is 1. The summed E-state index contributed by atoms with van der Waals surface area (Å²) >= 11 is 0. The van der Waals surface area contributed by atoms with Crippen molar-refractivity contribution in [3.63, 3.8) is 0 Å². The first-order chi connectivity index (χ1) is 9.40. The van der Waals surface area contributed by atoms with Crippen molar-refractivity contribution in [2.45, 2.75) is 39.7 Å². The molecule has 1 aromatic heterocycles. The molecule has 0 radical (unpaired) electrons. The second-order valence-electron chi connectivity index (χ2n) is 5.16. The molecular weight excluding hydrogens is 260 g/mol. The lowest BCUT2D eigenvalue weighted by atomic mass is 10.1. The molecule has 0 fully saturated rings. The minimum absolute atomic E-state index is 0.0941. The summed E-state index contributed by atoms with van der Waals surface area (Å²) < 4.78 is 1.76. The molecule has 1 atom stereocenters. The average Bonchev–Trinajstić information content (AvgIpc) is 2.75. The highest BCUT2D eigenvalue weighted by Crippen LogP contribution is 2.20. The van der Waals surface area contributed by atoms with Gasteiger partial charge in [-0.3, -0.25) is 10.1 Å². The van der Waals surface area contributed by atoms with E-state index in [9.17, 15) is 9.59 Å². The molecule has 112 valence electrons. The van der Waals surface area contributed by atoms with Crippen molar-refractivity contribution < 1.29 is 14.7 Å². The van der Waals surface area contributed by atoms with Gasteiger partial charge in [-0.1, -0.05) is 13.8 Å². The zero-order valence-corrected chi connectivity index (χ0v) is 12.1. The van der Waals surface area contributed by atoms with Gasteiger partial charge in [0.1, 0.15) is 5.82 Å². The minimum atomic E-state index is -0.944. The Morgan fingerprint density at radius 3 is 2.70 bits per heavy atom. The van der Waals surface area contributed by atoms with E-state index in [1.807, 2.05) is 6.92 Å². The van der Waals surface area contributed by atoms with Crippen LogP contribution in [0, 0.1) is 5.92 Å². The van der Waals surface area contributed by atoms with Crippen LogP contribution in [-0.4, -0.2) is 33.4 Å². The van der Waals surface area contributed by atoms with E-state index in [0.717, 1.165) is 6.42 Å². The van der Waals surface area contributed by atoms with Crippen molar-refractivity contribution >= 4 is 17.8 Å². The van der Waals surface area contributed by atoms with Crippen LogP contribution >= 0.6 is 0 Å². The molecule has 2 amide bonds. The standard InChI is InChI=1S/C13H22N4O3/c1-9(2)8-10(3)17-11(4-7-15-17)16-13(20)14-6-5-12(18)19/h4,7,9-10H,5-6,8H2,1-3H3,(H,18,19)(H2,14,16,20). The third-order valence-corrected chi connectivity index (χ3v) is 2.77. The summed E-state index contributed by atoms with van der Waals surface area (Å²) in [5, 5.41) is 17.9. The number of carbonyl (C=O) groups excluding carboxylic acids is 1. The van der Waals surface area contributed by atoms with Crippen LogP contribution in [0.4, 0.5) is 10.6 Å². The normalized spacial score (nSPS) is 12.2. The van der Waals surface area contributed by atoms with Crippen LogP contribution in [0.5, 0.6) is 0 Å². The highest BCUT2D eigenvalue weighted by molar-refractivity contribution is 5.88. The van der Waals surface area contributed by atoms with Crippen LogP contribution in [0.3, 0.4) is 0 Å². The van der Waals surface area contributed by atoms with Gasteiger partial charge in [0.2, 0.25) is 0 Å². The summed E-state index contributed by atoms with van der Waals surface area (Å²) in [6, 6.07) is 1.47. The molecule has 0 aliphatic carbocycles. The highest BCUT2D eigenvalue weighted by atomic mass is 16.4. The number of aromatic nitrogens is 2. The van der Waals surface area contributed by atoms with E-state index in [2.05, 4.69) is 29.6 Å². The largest absolute Gasteiger partial charge is 0.481 e. The molecule has 7 nitrogen and oxygen atoms in total. The first kappa shape index (κ1) is 16.0. The van der Waals surface area contributed by atoms with E-state index in [4.69, 9.17) is 5.11 Å². The van der Waals surface area contributed by atoms with Gasteiger partial charge in [-0.2, -0.15) is 5.10 Å². The monoisotopic (exact) mass is 282 g/mol. The maximum absolute atomic E-state index is 11.6. The molecule has 0 aromatic carbocycles. The van der Waals surface area contributed by atoms with Crippen molar-refractivity contribution in [2.75, 3.05) is 11.9 Å². The number of carboxylic acids is 1. The Hall–Kier alpha value is -2.05. The van der Waals surface area contributed by atoms with Crippen LogP contribution in [0.2, 0.25) is 0 Å². The number of rotatable bonds is 7. The highest BCUT2D eigenvalue weighted by Gasteiger charge is 2.13. The topological polar surface area (TPSA) is 96.3 Å². The Labute approximate surface area is 118 Å². The molecule has 0 saturated heterocycles. The number of carbonyl (C=O) groups is 2. The van der Waals surface area contributed by atoms with Crippen LogP contribution < -0.4 is 10.6 Å². The quantitative estimate of drug-likeness (QED) is 0.713. The summed E-state index contributed by atoms with van der Waals surface area (Å²) in [6.07, 6.45) is 2.48. The van der Waals surface area contributed by atoms with Crippen LogP contribution in [0.15, 0.2) is 12.3 Å². The summed E-state index contributed by atoms with van der Waals surface area (Å²) in [4.78, 5) is 22.0. The second kappa shape index (κ2) is 7.52. The Morgan fingerprint density at radius 2 is 2.10 bits per heavy atom. The SMILES string of the molecule is CC(C)CC(C)n1nccc1NC(=O)NCCC(=O)O. The number of carboxylic acid groups (broad SMARTS) is 1. The van der Waals surface area contributed by atoms with Gasteiger partial charge >= 0.3 is 12.0 Å². The van der Waals surface area contributed by atoms with Crippen LogP contribution in [-0.2, 0) is 4.79 Å². The number of nitrogens with zero attached hydrogens (tertiary/aromatic N) is 2. The van der Waals surface area contributed by atoms with E-state index >= 15 is 0 Å². The summed E-state index contributed by atoms with van der Waals surface area (Å²) in [5.74, 6) is 0.193. The lowest BCUT2D eigenvalue weighted by molar-refractivity contribution is -0.136. The van der Waals surface area contributed by atoms with Gasteiger partial charge in [-0.05, 0) is 19.3 Å². The first-order valence-corrected chi connectivity index (χ1v) is 6.70. The van der Waals surface area contributed by atoms with Crippen molar-refractivity contribution in [3.05, 3.63) is 12.3 Å². The Bertz CT molecular complexity index is 456. The molecule has 0 aliphatic heterocycles. The van der Waals surface area contributed by atoms with Crippen LogP contribution in [0.1, 0.15) is 39.7 Å². The minimum Gasteiger partial charge on any atom is -0.481 e. The smallest absolute Gasteiger partial charge is 0.320 e. The molecule has 20 heavy (non-hydrogen) atoms. The predicted molar refractivity (Wildman–Crippen MR) is 75.7 cm³/mol.